The lowest BCUT2D eigenvalue weighted by atomic mass is 10.2. The van der Waals surface area contributed by atoms with Gasteiger partial charge in [-0.25, -0.2) is 9.78 Å². The van der Waals surface area contributed by atoms with Gasteiger partial charge in [0.15, 0.2) is 0 Å². The Morgan fingerprint density at radius 3 is 2.45 bits per heavy atom. The van der Waals surface area contributed by atoms with Gasteiger partial charge in [0.2, 0.25) is 0 Å². The third-order valence-electron chi connectivity index (χ3n) is 3.35. The zero-order valence-electron chi connectivity index (χ0n) is 11.8. The van der Waals surface area contributed by atoms with E-state index in [0.717, 1.165) is 25.9 Å². The van der Waals surface area contributed by atoms with Gasteiger partial charge in [0.1, 0.15) is 11.4 Å². The zero-order valence-corrected chi connectivity index (χ0v) is 11.8. The maximum Gasteiger partial charge on any atom is 0.356 e. The summed E-state index contributed by atoms with van der Waals surface area (Å²) in [7, 11) is 0. The first-order valence-corrected chi connectivity index (χ1v) is 7.16. The van der Waals surface area contributed by atoms with Gasteiger partial charge in [-0.2, -0.15) is 0 Å². The smallest absolute Gasteiger partial charge is 0.356 e. The van der Waals surface area contributed by atoms with Crippen molar-refractivity contribution in [3.8, 4) is 0 Å². The second-order valence-corrected chi connectivity index (χ2v) is 4.83. The number of carbonyl (C=O) groups is 2. The van der Waals surface area contributed by atoms with E-state index in [1.54, 1.807) is 25.1 Å². The van der Waals surface area contributed by atoms with Gasteiger partial charge in [-0.3, -0.25) is 4.79 Å². The topological polar surface area (TPSA) is 59.5 Å². The summed E-state index contributed by atoms with van der Waals surface area (Å²) in [5.41, 5.74) is 0.505. The fourth-order valence-electron chi connectivity index (χ4n) is 2.31. The fraction of sp³-hybridized carbons (Fsp3) is 0.533. The molecule has 108 valence electrons. The number of pyridine rings is 1. The molecule has 0 bridgehead atoms. The van der Waals surface area contributed by atoms with Crippen LogP contribution in [0.15, 0.2) is 18.2 Å². The van der Waals surface area contributed by atoms with Crippen LogP contribution in [0.1, 0.15) is 53.6 Å². The Balaban J connectivity index is 2.13. The van der Waals surface area contributed by atoms with E-state index < -0.39 is 5.97 Å². The maximum atomic E-state index is 12.4. The van der Waals surface area contributed by atoms with Crippen LogP contribution in [0.2, 0.25) is 0 Å². The molecule has 0 aromatic carbocycles. The summed E-state index contributed by atoms with van der Waals surface area (Å²) in [5, 5.41) is 0. The van der Waals surface area contributed by atoms with Crippen LogP contribution in [0, 0.1) is 0 Å². The molecule has 0 aliphatic carbocycles. The summed E-state index contributed by atoms with van der Waals surface area (Å²) in [4.78, 5) is 30.0. The zero-order chi connectivity index (χ0) is 14.4. The molecule has 1 amide bonds. The fourth-order valence-corrected chi connectivity index (χ4v) is 2.31. The highest BCUT2D eigenvalue weighted by atomic mass is 16.5. The van der Waals surface area contributed by atoms with Gasteiger partial charge in [-0.05, 0) is 31.9 Å². The van der Waals surface area contributed by atoms with Crippen LogP contribution >= 0.6 is 0 Å². The molecule has 1 saturated heterocycles. The van der Waals surface area contributed by atoms with Gasteiger partial charge in [-0.1, -0.05) is 18.9 Å². The van der Waals surface area contributed by atoms with Crippen molar-refractivity contribution in [3.05, 3.63) is 29.6 Å². The lowest BCUT2D eigenvalue weighted by Crippen LogP contribution is -2.32. The molecule has 0 unspecified atom stereocenters. The van der Waals surface area contributed by atoms with Crippen LogP contribution in [0.5, 0.6) is 0 Å². The molecular weight excluding hydrogens is 256 g/mol. The number of hydrogen-bond donors (Lipinski definition) is 0. The first-order valence-electron chi connectivity index (χ1n) is 7.16. The number of aromatic nitrogens is 1. The summed E-state index contributed by atoms with van der Waals surface area (Å²) < 4.78 is 4.90. The van der Waals surface area contributed by atoms with Gasteiger partial charge in [0.05, 0.1) is 6.61 Å². The third-order valence-corrected chi connectivity index (χ3v) is 3.35. The predicted octanol–water partition coefficient (Wildman–Crippen LogP) is 2.27. The number of likely N-dealkylation sites (tertiary alicyclic amines) is 1. The molecule has 2 rings (SSSR count). The predicted molar refractivity (Wildman–Crippen MR) is 74.6 cm³/mol. The molecule has 1 fully saturated rings. The minimum Gasteiger partial charge on any atom is -0.461 e. The van der Waals surface area contributed by atoms with E-state index in [0.29, 0.717) is 12.3 Å². The summed E-state index contributed by atoms with van der Waals surface area (Å²) in [6.45, 7) is 3.57. The van der Waals surface area contributed by atoms with E-state index in [1.807, 2.05) is 4.90 Å². The van der Waals surface area contributed by atoms with E-state index in [-0.39, 0.29) is 11.6 Å². The number of esters is 1. The third kappa shape index (κ3) is 3.56. The lowest BCUT2D eigenvalue weighted by Gasteiger charge is -2.19. The molecule has 1 aliphatic heterocycles. The van der Waals surface area contributed by atoms with Crippen LogP contribution in [0.4, 0.5) is 0 Å². The number of nitrogens with zero attached hydrogens (tertiary/aromatic N) is 2. The SMILES string of the molecule is CCOC(=O)c1cccc(C(=O)N2CCCCCC2)n1. The molecule has 0 atom stereocenters. The van der Waals surface area contributed by atoms with Crippen molar-refractivity contribution >= 4 is 11.9 Å². The Labute approximate surface area is 118 Å². The largest absolute Gasteiger partial charge is 0.461 e. The molecule has 1 aliphatic rings. The Kier molecular flexibility index (Phi) is 5.09. The molecule has 0 saturated carbocycles. The first kappa shape index (κ1) is 14.5. The number of ether oxygens (including phenoxy) is 1. The highest BCUT2D eigenvalue weighted by Crippen LogP contribution is 2.13. The van der Waals surface area contributed by atoms with Crippen LogP contribution < -0.4 is 0 Å². The van der Waals surface area contributed by atoms with E-state index >= 15 is 0 Å². The van der Waals surface area contributed by atoms with Gasteiger partial charge in [0.25, 0.3) is 5.91 Å². The Morgan fingerprint density at radius 1 is 1.15 bits per heavy atom. The van der Waals surface area contributed by atoms with Crippen molar-refractivity contribution in [3.63, 3.8) is 0 Å². The monoisotopic (exact) mass is 276 g/mol. The summed E-state index contributed by atoms with van der Waals surface area (Å²) in [5.74, 6) is -0.587. The lowest BCUT2D eigenvalue weighted by molar-refractivity contribution is 0.0519. The highest BCUT2D eigenvalue weighted by molar-refractivity contribution is 5.94. The summed E-state index contributed by atoms with van der Waals surface area (Å²) in [6, 6.07) is 4.89. The number of amides is 1. The molecule has 0 radical (unpaired) electrons. The number of rotatable bonds is 3. The Bertz CT molecular complexity index is 480. The molecule has 0 spiro atoms. The number of hydrogen-bond acceptors (Lipinski definition) is 4. The van der Waals surface area contributed by atoms with Crippen molar-refractivity contribution in [2.24, 2.45) is 0 Å². The van der Waals surface area contributed by atoms with Crippen molar-refractivity contribution < 1.29 is 14.3 Å². The molecule has 5 nitrogen and oxygen atoms in total. The molecule has 20 heavy (non-hydrogen) atoms. The molecule has 1 aromatic heterocycles. The van der Waals surface area contributed by atoms with Crippen LogP contribution in [0.25, 0.3) is 0 Å². The van der Waals surface area contributed by atoms with Crippen molar-refractivity contribution in [2.45, 2.75) is 32.6 Å². The van der Waals surface area contributed by atoms with Gasteiger partial charge in [-0.15, -0.1) is 0 Å². The van der Waals surface area contributed by atoms with Gasteiger partial charge in [0, 0.05) is 13.1 Å². The Morgan fingerprint density at radius 2 is 1.80 bits per heavy atom. The van der Waals surface area contributed by atoms with E-state index in [9.17, 15) is 9.59 Å². The second kappa shape index (κ2) is 7.03. The average Bonchev–Trinajstić information content (AvgIpc) is 2.76. The molecule has 1 aromatic rings. The second-order valence-electron chi connectivity index (χ2n) is 4.83. The minimum absolute atomic E-state index is 0.0990. The normalized spacial score (nSPS) is 15.6. The Hall–Kier alpha value is -1.91. The van der Waals surface area contributed by atoms with E-state index in [1.165, 1.54) is 12.8 Å². The van der Waals surface area contributed by atoms with Crippen molar-refractivity contribution in [1.82, 2.24) is 9.88 Å². The highest BCUT2D eigenvalue weighted by Gasteiger charge is 2.19. The van der Waals surface area contributed by atoms with Crippen LogP contribution in [0.3, 0.4) is 0 Å². The molecule has 5 heteroatoms. The van der Waals surface area contributed by atoms with Crippen LogP contribution in [-0.2, 0) is 4.74 Å². The summed E-state index contributed by atoms with van der Waals surface area (Å²) in [6.07, 6.45) is 4.40. The van der Waals surface area contributed by atoms with Gasteiger partial charge >= 0.3 is 5.97 Å². The molecule has 0 N–H and O–H groups in total. The van der Waals surface area contributed by atoms with Crippen molar-refractivity contribution in [2.75, 3.05) is 19.7 Å². The summed E-state index contributed by atoms with van der Waals surface area (Å²) >= 11 is 0. The number of carbonyl (C=O) groups excluding carboxylic acids is 2. The van der Waals surface area contributed by atoms with E-state index in [4.69, 9.17) is 4.74 Å². The average molecular weight is 276 g/mol. The minimum atomic E-state index is -0.488. The standard InChI is InChI=1S/C15H20N2O3/c1-2-20-15(19)13-9-7-8-12(16-13)14(18)17-10-5-3-4-6-11-17/h7-9H,2-6,10-11H2,1H3. The first-order chi connectivity index (χ1) is 9.72. The molecule has 2 heterocycles. The van der Waals surface area contributed by atoms with Gasteiger partial charge < -0.3 is 9.64 Å². The van der Waals surface area contributed by atoms with Crippen molar-refractivity contribution in [1.29, 1.82) is 0 Å². The van der Waals surface area contributed by atoms with E-state index in [2.05, 4.69) is 4.98 Å². The van der Waals surface area contributed by atoms with Crippen LogP contribution in [-0.4, -0.2) is 41.5 Å². The molecular formula is C15H20N2O3. The quantitative estimate of drug-likeness (QED) is 0.795. The maximum absolute atomic E-state index is 12.4.